The van der Waals surface area contributed by atoms with Gasteiger partial charge < -0.3 is 14.2 Å². The average molecular weight is 913 g/mol. The number of hydrogen-bond donors (Lipinski definition) is 0. The molecule has 0 aromatic carbocycles. The third-order valence-corrected chi connectivity index (χ3v) is 10.7. The number of rotatable bonds is 46. The first-order chi connectivity index (χ1) is 32.5. The summed E-state index contributed by atoms with van der Waals surface area (Å²) in [6.45, 7) is 6.30. The molecule has 6 nitrogen and oxygen atoms in total. The highest BCUT2D eigenvalue weighted by atomic mass is 16.6. The van der Waals surface area contributed by atoms with Crippen LogP contribution in [-0.4, -0.2) is 37.2 Å². The van der Waals surface area contributed by atoms with Crippen molar-refractivity contribution in [3.8, 4) is 0 Å². The Morgan fingerprint density at radius 3 is 0.985 bits per heavy atom. The average Bonchev–Trinajstić information content (AvgIpc) is 3.31. The maximum Gasteiger partial charge on any atom is 0.306 e. The van der Waals surface area contributed by atoms with E-state index in [-0.39, 0.29) is 37.5 Å². The van der Waals surface area contributed by atoms with Crippen LogP contribution in [0.2, 0.25) is 0 Å². The predicted octanol–water partition coefficient (Wildman–Crippen LogP) is 17.7. The highest BCUT2D eigenvalue weighted by Gasteiger charge is 2.19. The molecular weight excluding hydrogens is 817 g/mol. The summed E-state index contributed by atoms with van der Waals surface area (Å²) in [4.78, 5) is 38.0. The Balaban J connectivity index is 4.54. The molecule has 0 N–H and O–H groups in total. The maximum absolute atomic E-state index is 12.8. The second-order valence-electron chi connectivity index (χ2n) is 17.0. The van der Waals surface area contributed by atoms with Gasteiger partial charge in [-0.05, 0) is 122 Å². The molecule has 0 rings (SSSR count). The molecule has 0 fully saturated rings. The second kappa shape index (κ2) is 53.4. The van der Waals surface area contributed by atoms with Gasteiger partial charge in [-0.25, -0.2) is 0 Å². The molecule has 0 radical (unpaired) electrons. The Morgan fingerprint density at radius 1 is 0.318 bits per heavy atom. The monoisotopic (exact) mass is 913 g/mol. The summed E-state index contributed by atoms with van der Waals surface area (Å²) >= 11 is 0. The van der Waals surface area contributed by atoms with E-state index in [0.717, 1.165) is 122 Å². The first kappa shape index (κ1) is 61.8. The number of ether oxygens (including phenoxy) is 3. The summed E-state index contributed by atoms with van der Waals surface area (Å²) in [5.74, 6) is -1.01. The lowest BCUT2D eigenvalue weighted by atomic mass is 10.1. The van der Waals surface area contributed by atoms with Crippen molar-refractivity contribution in [2.45, 2.75) is 226 Å². The number of unbranched alkanes of at least 4 members (excludes halogenated alkanes) is 15. The van der Waals surface area contributed by atoms with Gasteiger partial charge in [-0.1, -0.05) is 200 Å². The highest BCUT2D eigenvalue weighted by molar-refractivity contribution is 5.71. The first-order valence-electron chi connectivity index (χ1n) is 26.5. The minimum atomic E-state index is -0.818. The van der Waals surface area contributed by atoms with Crippen LogP contribution in [0, 0.1) is 0 Å². The fraction of sp³-hybridized carbons (Fsp3) is 0.617. The lowest BCUT2D eigenvalue weighted by Crippen LogP contribution is -2.30. The Morgan fingerprint density at radius 2 is 0.606 bits per heavy atom. The van der Waals surface area contributed by atoms with Crippen LogP contribution < -0.4 is 0 Å². The van der Waals surface area contributed by atoms with E-state index >= 15 is 0 Å². The Hall–Kier alpha value is -4.19. The van der Waals surface area contributed by atoms with E-state index in [4.69, 9.17) is 14.2 Å². The summed E-state index contributed by atoms with van der Waals surface area (Å²) in [5.41, 5.74) is 0. The Kier molecular flexibility index (Phi) is 50.0. The number of carbonyl (C=O) groups is 3. The zero-order valence-corrected chi connectivity index (χ0v) is 42.4. The molecule has 0 saturated heterocycles. The van der Waals surface area contributed by atoms with E-state index in [0.29, 0.717) is 19.3 Å². The molecule has 0 aliphatic heterocycles. The van der Waals surface area contributed by atoms with Crippen molar-refractivity contribution in [2.75, 3.05) is 13.2 Å². The third kappa shape index (κ3) is 50.8. The fourth-order valence-electron chi connectivity index (χ4n) is 6.76. The van der Waals surface area contributed by atoms with Crippen LogP contribution in [0.1, 0.15) is 220 Å². The Bertz CT molecular complexity index is 1420. The molecule has 0 aromatic rings. The molecule has 0 aliphatic rings. The lowest BCUT2D eigenvalue weighted by Gasteiger charge is -2.18. The van der Waals surface area contributed by atoms with Gasteiger partial charge in [0.2, 0.25) is 0 Å². The normalized spacial score (nSPS) is 13.1. The van der Waals surface area contributed by atoms with Crippen LogP contribution in [0.5, 0.6) is 0 Å². The molecule has 0 amide bonds. The molecule has 0 saturated carbocycles. The standard InChI is InChI=1S/C60H96O6/c1-4-7-10-13-16-19-22-25-28-30-32-35-38-41-44-47-50-53-59(62)65-56-57(55-64-58(61)52-49-46-43-40-37-34-27-24-21-18-15-12-9-6-3)66-60(63)54-51-48-45-42-39-36-33-31-29-26-23-20-17-14-11-8-5-2/h7,9-10,12,16-21,25-29,32,34-35,41,44,57H,4-6,8,11,13-15,22-24,30-31,33,36-40,42-43,45-56H2,1-3H3/b10-7-,12-9-,19-16-,20-17-,21-18-,28-25-,29-26-,34-27-,35-32-,44-41-. The van der Waals surface area contributed by atoms with E-state index in [1.54, 1.807) is 0 Å². The van der Waals surface area contributed by atoms with E-state index in [1.807, 2.05) is 0 Å². The van der Waals surface area contributed by atoms with E-state index < -0.39 is 6.10 Å². The molecular formula is C60H96O6. The minimum Gasteiger partial charge on any atom is -0.462 e. The molecule has 1 unspecified atom stereocenters. The van der Waals surface area contributed by atoms with Crippen molar-refractivity contribution in [2.24, 2.45) is 0 Å². The van der Waals surface area contributed by atoms with Crippen molar-refractivity contribution in [1.82, 2.24) is 0 Å². The van der Waals surface area contributed by atoms with Gasteiger partial charge in [0, 0.05) is 19.3 Å². The zero-order valence-electron chi connectivity index (χ0n) is 42.4. The van der Waals surface area contributed by atoms with Crippen LogP contribution in [-0.2, 0) is 28.6 Å². The molecule has 0 bridgehead atoms. The van der Waals surface area contributed by atoms with Crippen LogP contribution in [0.4, 0.5) is 0 Å². The number of hydrogen-bond acceptors (Lipinski definition) is 6. The van der Waals surface area contributed by atoms with Crippen molar-refractivity contribution < 1.29 is 28.6 Å². The van der Waals surface area contributed by atoms with Gasteiger partial charge in [-0.15, -0.1) is 0 Å². The van der Waals surface area contributed by atoms with Gasteiger partial charge in [0.15, 0.2) is 6.10 Å². The van der Waals surface area contributed by atoms with Gasteiger partial charge in [-0.2, -0.15) is 0 Å². The highest BCUT2D eigenvalue weighted by Crippen LogP contribution is 2.13. The van der Waals surface area contributed by atoms with Gasteiger partial charge in [-0.3, -0.25) is 14.4 Å². The molecule has 0 heterocycles. The van der Waals surface area contributed by atoms with Crippen LogP contribution >= 0.6 is 0 Å². The first-order valence-corrected chi connectivity index (χ1v) is 26.5. The van der Waals surface area contributed by atoms with Crippen LogP contribution in [0.3, 0.4) is 0 Å². The molecule has 0 spiro atoms. The van der Waals surface area contributed by atoms with Crippen molar-refractivity contribution >= 4 is 17.9 Å². The van der Waals surface area contributed by atoms with Crippen molar-refractivity contribution in [3.63, 3.8) is 0 Å². The summed E-state index contributed by atoms with van der Waals surface area (Å²) < 4.78 is 16.7. The zero-order chi connectivity index (χ0) is 47.9. The summed E-state index contributed by atoms with van der Waals surface area (Å²) in [7, 11) is 0. The summed E-state index contributed by atoms with van der Waals surface area (Å²) in [6, 6.07) is 0. The van der Waals surface area contributed by atoms with E-state index in [1.165, 1.54) is 51.4 Å². The van der Waals surface area contributed by atoms with Crippen molar-refractivity contribution in [1.29, 1.82) is 0 Å². The third-order valence-electron chi connectivity index (χ3n) is 10.7. The van der Waals surface area contributed by atoms with Gasteiger partial charge in [0.1, 0.15) is 13.2 Å². The van der Waals surface area contributed by atoms with Crippen LogP contribution in [0.15, 0.2) is 122 Å². The summed E-state index contributed by atoms with van der Waals surface area (Å²) in [5, 5.41) is 0. The number of esters is 3. The minimum absolute atomic E-state index is 0.114. The van der Waals surface area contributed by atoms with E-state index in [9.17, 15) is 14.4 Å². The molecule has 6 heteroatoms. The quantitative estimate of drug-likeness (QED) is 0.0262. The maximum atomic E-state index is 12.8. The molecule has 372 valence electrons. The van der Waals surface area contributed by atoms with Crippen molar-refractivity contribution in [3.05, 3.63) is 122 Å². The molecule has 66 heavy (non-hydrogen) atoms. The smallest absolute Gasteiger partial charge is 0.306 e. The molecule has 0 aromatic heterocycles. The number of allylic oxidation sites excluding steroid dienone is 20. The second-order valence-corrected chi connectivity index (χ2v) is 17.0. The molecule has 1 atom stereocenters. The van der Waals surface area contributed by atoms with E-state index in [2.05, 4.69) is 142 Å². The van der Waals surface area contributed by atoms with Gasteiger partial charge in [0.25, 0.3) is 0 Å². The number of carbonyl (C=O) groups excluding carboxylic acids is 3. The topological polar surface area (TPSA) is 78.9 Å². The summed E-state index contributed by atoms with van der Waals surface area (Å²) in [6.07, 6.45) is 73.3. The Labute approximate surface area is 405 Å². The van der Waals surface area contributed by atoms with Gasteiger partial charge >= 0.3 is 17.9 Å². The fourth-order valence-corrected chi connectivity index (χ4v) is 6.76. The van der Waals surface area contributed by atoms with Crippen LogP contribution in [0.25, 0.3) is 0 Å². The largest absolute Gasteiger partial charge is 0.462 e. The SMILES string of the molecule is CC/C=C\C/C=C\C/C=C\C/C=C\C/C=C\CCCC(=O)OCC(COC(=O)CCCCCC/C=C\C/C=C\C/C=C\CC)OC(=O)CCCCCCCCC/C=C\C/C=C\CCCCC. The lowest BCUT2D eigenvalue weighted by molar-refractivity contribution is -0.167. The van der Waals surface area contributed by atoms with Gasteiger partial charge in [0.05, 0.1) is 0 Å². The predicted molar refractivity (Wildman–Crippen MR) is 283 cm³/mol. The molecule has 0 aliphatic carbocycles.